The molecule has 1 aromatic carbocycles. The van der Waals surface area contributed by atoms with Gasteiger partial charge in [0.2, 0.25) is 0 Å². The summed E-state index contributed by atoms with van der Waals surface area (Å²) in [5.41, 5.74) is 0.807. The summed E-state index contributed by atoms with van der Waals surface area (Å²) in [6.07, 6.45) is 2.61. The van der Waals surface area contributed by atoms with Crippen molar-refractivity contribution in [3.05, 3.63) is 39.4 Å². The molecule has 0 bridgehead atoms. The predicted molar refractivity (Wildman–Crippen MR) is 80.9 cm³/mol. The smallest absolute Gasteiger partial charge is 0.303 e. The molecule has 0 aliphatic heterocycles. The average molecular weight is 308 g/mol. The van der Waals surface area contributed by atoms with E-state index in [1.165, 1.54) is 6.07 Å². The maximum atomic E-state index is 11.9. The van der Waals surface area contributed by atoms with E-state index in [0.717, 1.165) is 0 Å². The maximum absolute atomic E-state index is 11.9. The number of aliphatic carboxylic acids is 1. The summed E-state index contributed by atoms with van der Waals surface area (Å²) in [6.45, 7) is 2.24. The first-order valence-corrected chi connectivity index (χ1v) is 7.23. The van der Waals surface area contributed by atoms with Gasteiger partial charge in [0.15, 0.2) is 0 Å². The lowest BCUT2D eigenvalue weighted by atomic mass is 10.1. The second-order valence-electron chi connectivity index (χ2n) is 4.91. The van der Waals surface area contributed by atoms with Crippen molar-refractivity contribution in [1.82, 2.24) is 5.32 Å². The molecule has 0 radical (unpaired) electrons. The number of benzene rings is 1. The van der Waals surface area contributed by atoms with Gasteiger partial charge in [-0.15, -0.1) is 0 Å². The molecular weight excluding hydrogens is 288 g/mol. The monoisotopic (exact) mass is 308 g/mol. The standard InChI is InChI=1S/C15H20N2O5/c1-2-11-7-8-12(10-13(11)17(21)22)15(20)16-9-5-3-4-6-14(18)19/h7-8,10H,2-6,9H2,1H3,(H,16,20)(H,18,19). The number of nitro groups is 1. The number of unbranched alkanes of at least 4 members (excludes halogenated alkanes) is 2. The van der Waals surface area contributed by atoms with Crippen LogP contribution < -0.4 is 5.32 Å². The van der Waals surface area contributed by atoms with Gasteiger partial charge < -0.3 is 10.4 Å². The Labute approximate surface area is 128 Å². The van der Waals surface area contributed by atoms with E-state index in [2.05, 4.69) is 5.32 Å². The Morgan fingerprint density at radius 1 is 1.27 bits per heavy atom. The molecule has 120 valence electrons. The molecule has 0 aromatic heterocycles. The predicted octanol–water partition coefficient (Wildman–Crippen LogP) is 2.53. The van der Waals surface area contributed by atoms with Crippen LogP contribution in [-0.2, 0) is 11.2 Å². The van der Waals surface area contributed by atoms with Crippen LogP contribution >= 0.6 is 0 Å². The van der Waals surface area contributed by atoms with Gasteiger partial charge in [0.1, 0.15) is 0 Å². The highest BCUT2D eigenvalue weighted by molar-refractivity contribution is 5.94. The van der Waals surface area contributed by atoms with E-state index in [4.69, 9.17) is 5.11 Å². The van der Waals surface area contributed by atoms with Crippen LogP contribution in [0.4, 0.5) is 5.69 Å². The van der Waals surface area contributed by atoms with Gasteiger partial charge in [0.05, 0.1) is 4.92 Å². The normalized spacial score (nSPS) is 10.2. The summed E-state index contributed by atoms with van der Waals surface area (Å²) < 4.78 is 0. The third kappa shape index (κ3) is 5.51. The van der Waals surface area contributed by atoms with Gasteiger partial charge in [-0.25, -0.2) is 0 Å². The quantitative estimate of drug-likeness (QED) is 0.414. The molecule has 2 N–H and O–H groups in total. The van der Waals surface area contributed by atoms with Crippen LogP contribution in [0.3, 0.4) is 0 Å². The molecule has 0 aliphatic carbocycles. The Morgan fingerprint density at radius 3 is 2.59 bits per heavy atom. The largest absolute Gasteiger partial charge is 0.481 e. The van der Waals surface area contributed by atoms with Gasteiger partial charge in [-0.1, -0.05) is 19.4 Å². The van der Waals surface area contributed by atoms with Crippen molar-refractivity contribution < 1.29 is 19.6 Å². The fourth-order valence-electron chi connectivity index (χ4n) is 2.06. The van der Waals surface area contributed by atoms with Crippen LogP contribution in [0.1, 0.15) is 48.5 Å². The van der Waals surface area contributed by atoms with Gasteiger partial charge in [-0.05, 0) is 25.3 Å². The Hall–Kier alpha value is -2.44. The van der Waals surface area contributed by atoms with Crippen molar-refractivity contribution in [3.8, 4) is 0 Å². The third-order valence-electron chi connectivity index (χ3n) is 3.28. The first-order chi connectivity index (χ1) is 10.5. The number of rotatable bonds is 9. The fourth-order valence-corrected chi connectivity index (χ4v) is 2.06. The highest BCUT2D eigenvalue weighted by atomic mass is 16.6. The van der Waals surface area contributed by atoms with Crippen LogP contribution in [0.5, 0.6) is 0 Å². The van der Waals surface area contributed by atoms with E-state index < -0.39 is 10.9 Å². The van der Waals surface area contributed by atoms with Crippen molar-refractivity contribution >= 4 is 17.6 Å². The van der Waals surface area contributed by atoms with Crippen LogP contribution in [-0.4, -0.2) is 28.5 Å². The van der Waals surface area contributed by atoms with Crippen molar-refractivity contribution in [2.75, 3.05) is 6.54 Å². The van der Waals surface area contributed by atoms with E-state index in [1.807, 2.05) is 6.92 Å². The number of nitrogens with zero attached hydrogens (tertiary/aromatic N) is 1. The summed E-state index contributed by atoms with van der Waals surface area (Å²) in [5.74, 6) is -1.18. The molecule has 7 nitrogen and oxygen atoms in total. The highest BCUT2D eigenvalue weighted by Crippen LogP contribution is 2.20. The summed E-state index contributed by atoms with van der Waals surface area (Å²) in [6, 6.07) is 4.46. The van der Waals surface area contributed by atoms with Crippen molar-refractivity contribution in [2.24, 2.45) is 0 Å². The molecule has 0 unspecified atom stereocenters. The van der Waals surface area contributed by atoms with E-state index in [0.29, 0.717) is 37.8 Å². The zero-order chi connectivity index (χ0) is 16.5. The molecule has 1 amide bonds. The zero-order valence-electron chi connectivity index (χ0n) is 12.5. The summed E-state index contributed by atoms with van der Waals surface area (Å²) in [7, 11) is 0. The Morgan fingerprint density at radius 2 is 2.00 bits per heavy atom. The molecule has 7 heteroatoms. The van der Waals surface area contributed by atoms with Crippen LogP contribution in [0.25, 0.3) is 0 Å². The number of carbonyl (C=O) groups is 2. The number of hydrogen-bond donors (Lipinski definition) is 2. The van der Waals surface area contributed by atoms with Gasteiger partial charge in [0.25, 0.3) is 11.6 Å². The number of amides is 1. The topological polar surface area (TPSA) is 110 Å². The Bertz CT molecular complexity index is 557. The second-order valence-corrected chi connectivity index (χ2v) is 4.91. The van der Waals surface area contributed by atoms with E-state index in [9.17, 15) is 19.7 Å². The van der Waals surface area contributed by atoms with Gasteiger partial charge in [-0.3, -0.25) is 19.7 Å². The molecule has 0 heterocycles. The highest BCUT2D eigenvalue weighted by Gasteiger charge is 2.16. The van der Waals surface area contributed by atoms with Crippen molar-refractivity contribution in [1.29, 1.82) is 0 Å². The fraction of sp³-hybridized carbons (Fsp3) is 0.467. The molecule has 1 rings (SSSR count). The zero-order valence-corrected chi connectivity index (χ0v) is 12.5. The Balaban J connectivity index is 2.50. The Kier molecular flexibility index (Phi) is 7.01. The first kappa shape index (κ1) is 17.6. The minimum atomic E-state index is -0.827. The number of carboxylic acid groups (broad SMARTS) is 1. The average Bonchev–Trinajstić information content (AvgIpc) is 2.49. The van der Waals surface area contributed by atoms with Crippen molar-refractivity contribution in [3.63, 3.8) is 0 Å². The number of nitro benzene ring substituents is 1. The summed E-state index contributed by atoms with van der Waals surface area (Å²) in [4.78, 5) is 32.8. The van der Waals surface area contributed by atoms with Crippen LogP contribution in [0.15, 0.2) is 18.2 Å². The van der Waals surface area contributed by atoms with Gasteiger partial charge in [0, 0.05) is 30.2 Å². The van der Waals surface area contributed by atoms with E-state index in [1.54, 1.807) is 12.1 Å². The SMILES string of the molecule is CCc1ccc(C(=O)NCCCCCC(=O)O)cc1[N+](=O)[O-]. The number of carboxylic acids is 1. The van der Waals surface area contributed by atoms with Crippen LogP contribution in [0.2, 0.25) is 0 Å². The maximum Gasteiger partial charge on any atom is 0.303 e. The number of carbonyl (C=O) groups excluding carboxylic acids is 1. The lowest BCUT2D eigenvalue weighted by Crippen LogP contribution is -2.24. The number of nitrogens with one attached hydrogen (secondary N) is 1. The lowest BCUT2D eigenvalue weighted by molar-refractivity contribution is -0.385. The molecule has 0 saturated heterocycles. The van der Waals surface area contributed by atoms with E-state index in [-0.39, 0.29) is 23.6 Å². The summed E-state index contributed by atoms with van der Waals surface area (Å²) >= 11 is 0. The summed E-state index contributed by atoms with van der Waals surface area (Å²) in [5, 5.41) is 22.1. The molecule has 0 atom stereocenters. The minimum absolute atomic E-state index is 0.0448. The minimum Gasteiger partial charge on any atom is -0.481 e. The lowest BCUT2D eigenvalue weighted by Gasteiger charge is -2.06. The molecular formula is C15H20N2O5. The molecule has 0 fully saturated rings. The van der Waals surface area contributed by atoms with Crippen molar-refractivity contribution in [2.45, 2.75) is 39.0 Å². The molecule has 0 spiro atoms. The molecule has 22 heavy (non-hydrogen) atoms. The molecule has 0 saturated carbocycles. The second kappa shape index (κ2) is 8.76. The molecule has 1 aromatic rings. The number of aryl methyl sites for hydroxylation is 1. The van der Waals surface area contributed by atoms with Crippen LogP contribution in [0, 0.1) is 10.1 Å². The van der Waals surface area contributed by atoms with Gasteiger partial charge in [-0.2, -0.15) is 0 Å². The third-order valence-corrected chi connectivity index (χ3v) is 3.28. The van der Waals surface area contributed by atoms with E-state index >= 15 is 0 Å². The van der Waals surface area contributed by atoms with Gasteiger partial charge >= 0.3 is 5.97 Å². The number of hydrogen-bond acceptors (Lipinski definition) is 4. The molecule has 0 aliphatic rings. The first-order valence-electron chi connectivity index (χ1n) is 7.23.